The van der Waals surface area contributed by atoms with Crippen LogP contribution in [0.3, 0.4) is 0 Å². The van der Waals surface area contributed by atoms with Crippen molar-refractivity contribution in [2.24, 2.45) is 0 Å². The van der Waals surface area contributed by atoms with Gasteiger partial charge in [-0.25, -0.2) is 9.37 Å². The highest BCUT2D eigenvalue weighted by Crippen LogP contribution is 2.41. The maximum atomic E-state index is 13.9. The number of fused-ring (bicyclic) bond motifs is 1. The Balaban J connectivity index is 1.77. The number of nitrogens with zero attached hydrogens (tertiary/aromatic N) is 4. The zero-order valence-electron chi connectivity index (χ0n) is 15.6. The van der Waals surface area contributed by atoms with Crippen LogP contribution in [0.15, 0.2) is 41.0 Å². The number of hydrazine groups is 2. The maximum Gasteiger partial charge on any atom is 0.222 e. The molecule has 0 spiro atoms. The maximum absolute atomic E-state index is 13.9. The fourth-order valence-corrected chi connectivity index (χ4v) is 3.12. The van der Waals surface area contributed by atoms with Crippen LogP contribution < -0.4 is 27.0 Å². The molecule has 0 atom stereocenters. The predicted octanol–water partition coefficient (Wildman–Crippen LogP) is 2.90. The van der Waals surface area contributed by atoms with Crippen molar-refractivity contribution in [3.63, 3.8) is 0 Å². The average Bonchev–Trinajstić information content (AvgIpc) is 3.26. The largest absolute Gasteiger partial charge is 0.463 e. The van der Waals surface area contributed by atoms with Gasteiger partial charge in [-0.05, 0) is 35.7 Å². The van der Waals surface area contributed by atoms with Gasteiger partial charge in [-0.15, -0.1) is 5.53 Å². The number of anilines is 4. The zero-order valence-corrected chi connectivity index (χ0v) is 15.6. The smallest absolute Gasteiger partial charge is 0.222 e. The second-order valence-electron chi connectivity index (χ2n) is 6.92. The number of furan rings is 1. The van der Waals surface area contributed by atoms with Gasteiger partial charge in [0.05, 0.1) is 18.5 Å². The summed E-state index contributed by atoms with van der Waals surface area (Å²) in [7, 11) is 0. The lowest BCUT2D eigenvalue weighted by Gasteiger charge is -2.24. The van der Waals surface area contributed by atoms with E-state index < -0.39 is 5.82 Å². The lowest BCUT2D eigenvalue weighted by Crippen LogP contribution is -2.45. The van der Waals surface area contributed by atoms with E-state index in [-0.39, 0.29) is 11.6 Å². The molecule has 0 fully saturated rings. The zero-order chi connectivity index (χ0) is 19.8. The van der Waals surface area contributed by atoms with Crippen LogP contribution in [-0.2, 0) is 6.54 Å². The van der Waals surface area contributed by atoms with E-state index in [0.717, 1.165) is 11.3 Å². The summed E-state index contributed by atoms with van der Waals surface area (Å²) in [4.78, 5) is 8.81. The molecule has 1 aromatic carbocycles. The van der Waals surface area contributed by atoms with Crippen molar-refractivity contribution in [3.05, 3.63) is 53.9 Å². The Labute approximate surface area is 161 Å². The van der Waals surface area contributed by atoms with E-state index >= 15 is 0 Å². The van der Waals surface area contributed by atoms with Gasteiger partial charge in [0.25, 0.3) is 0 Å². The van der Waals surface area contributed by atoms with Gasteiger partial charge >= 0.3 is 0 Å². The number of rotatable bonds is 5. The van der Waals surface area contributed by atoms with E-state index in [2.05, 4.69) is 15.5 Å². The van der Waals surface area contributed by atoms with Crippen LogP contribution in [0.25, 0.3) is 11.5 Å². The summed E-state index contributed by atoms with van der Waals surface area (Å²) in [6, 6.07) is 8.35. The summed E-state index contributed by atoms with van der Waals surface area (Å²) in [6.07, 6.45) is 1.58. The van der Waals surface area contributed by atoms with Gasteiger partial charge in [0.15, 0.2) is 11.6 Å². The Hall–Kier alpha value is -3.33. The van der Waals surface area contributed by atoms with Crippen LogP contribution in [0.5, 0.6) is 0 Å². The van der Waals surface area contributed by atoms with Gasteiger partial charge in [0.1, 0.15) is 17.2 Å². The number of nitrogens with two attached hydrogens (primary N) is 2. The molecular formula is C19H21FN7O. The molecule has 0 saturated heterocycles. The van der Waals surface area contributed by atoms with Crippen molar-refractivity contribution in [1.29, 1.82) is 0 Å². The van der Waals surface area contributed by atoms with Gasteiger partial charge in [-0.1, -0.05) is 19.9 Å². The standard InChI is InChI=1S/C19H21FN7O/c1-11(2)9-26-17-16(15-4-3-7-28-15)23-19(22)24-18(17)27(25-26)10-12-5-6-14(21)13(20)8-12/h3-8,25H,9-10,21H2,1-2H3,(H2,22,23,24). The molecule has 4 rings (SSSR count). The first kappa shape index (κ1) is 18.1. The number of hydrogen-bond donors (Lipinski definition) is 3. The third-order valence-corrected chi connectivity index (χ3v) is 4.28. The Kier molecular flexibility index (Phi) is 4.52. The topological polar surface area (TPSA) is 109 Å². The number of nitrogens with one attached hydrogen (secondary N) is 1. The summed E-state index contributed by atoms with van der Waals surface area (Å²) in [5.74, 6) is 2.04. The van der Waals surface area contributed by atoms with Crippen molar-refractivity contribution >= 4 is 23.1 Å². The number of hydrogen-bond acceptors (Lipinski definition) is 8. The molecule has 0 amide bonds. The number of benzene rings is 1. The molecule has 1 aliphatic heterocycles. The van der Waals surface area contributed by atoms with E-state index in [9.17, 15) is 4.39 Å². The van der Waals surface area contributed by atoms with E-state index in [4.69, 9.17) is 15.9 Å². The molecule has 1 aliphatic rings. The van der Waals surface area contributed by atoms with Crippen LogP contribution in [0, 0.1) is 11.7 Å². The van der Waals surface area contributed by atoms with E-state index in [1.165, 1.54) is 12.0 Å². The first-order valence-corrected chi connectivity index (χ1v) is 8.78. The fraction of sp³-hybridized carbons (Fsp3) is 0.211. The molecule has 28 heavy (non-hydrogen) atoms. The van der Waals surface area contributed by atoms with Crippen molar-refractivity contribution < 1.29 is 8.81 Å². The lowest BCUT2D eigenvalue weighted by atomic mass is 10.2. The minimum absolute atomic E-state index is 0.114. The minimum Gasteiger partial charge on any atom is -0.463 e. The molecule has 0 aliphatic carbocycles. The Morgan fingerprint density at radius 1 is 1.18 bits per heavy atom. The van der Waals surface area contributed by atoms with E-state index in [1.54, 1.807) is 29.5 Å². The molecule has 3 heterocycles. The molecule has 3 aromatic rings. The van der Waals surface area contributed by atoms with E-state index in [1.807, 2.05) is 24.9 Å². The van der Waals surface area contributed by atoms with Crippen molar-refractivity contribution in [3.8, 4) is 11.5 Å². The summed E-state index contributed by atoms with van der Waals surface area (Å²) in [5, 5.41) is 3.73. The number of nitrogen functional groups attached to an aromatic ring is 2. The van der Waals surface area contributed by atoms with Gasteiger partial charge in [0.2, 0.25) is 5.95 Å². The molecule has 0 bridgehead atoms. The van der Waals surface area contributed by atoms with Gasteiger partial charge in [-0.2, -0.15) is 4.98 Å². The van der Waals surface area contributed by atoms with Crippen LogP contribution in [0.4, 0.5) is 27.5 Å². The van der Waals surface area contributed by atoms with Crippen LogP contribution >= 0.6 is 0 Å². The highest BCUT2D eigenvalue weighted by Gasteiger charge is 2.33. The van der Waals surface area contributed by atoms with Crippen molar-refractivity contribution in [1.82, 2.24) is 15.5 Å². The summed E-state index contributed by atoms with van der Waals surface area (Å²) in [6.45, 7) is 5.05. The second kappa shape index (κ2) is 7.01. The molecule has 1 radical (unpaired) electrons. The highest BCUT2D eigenvalue weighted by molar-refractivity contribution is 5.85. The molecule has 145 valence electrons. The quantitative estimate of drug-likeness (QED) is 0.578. The van der Waals surface area contributed by atoms with Crippen molar-refractivity contribution in [2.75, 3.05) is 28.0 Å². The summed E-state index contributed by atoms with van der Waals surface area (Å²) < 4.78 is 19.4. The monoisotopic (exact) mass is 382 g/mol. The molecule has 8 nitrogen and oxygen atoms in total. The summed E-state index contributed by atoms with van der Waals surface area (Å²) >= 11 is 0. The van der Waals surface area contributed by atoms with E-state index in [0.29, 0.717) is 30.4 Å². The first-order valence-electron chi connectivity index (χ1n) is 8.78. The van der Waals surface area contributed by atoms with Crippen LogP contribution in [-0.4, -0.2) is 16.5 Å². The SMILES string of the molecule is C[C](C)CN1NN(Cc2ccc(N)c(F)c2)c2nc(N)nc(-c3ccco3)c21. The Morgan fingerprint density at radius 2 is 2.00 bits per heavy atom. The average molecular weight is 382 g/mol. The fourth-order valence-electron chi connectivity index (χ4n) is 3.12. The van der Waals surface area contributed by atoms with Crippen LogP contribution in [0.1, 0.15) is 19.4 Å². The molecule has 0 unspecified atom stereocenters. The number of halogens is 1. The second-order valence-corrected chi connectivity index (χ2v) is 6.92. The van der Waals surface area contributed by atoms with Crippen molar-refractivity contribution in [2.45, 2.75) is 20.4 Å². The van der Waals surface area contributed by atoms with Gasteiger partial charge in [0, 0.05) is 6.54 Å². The number of aromatic nitrogens is 2. The highest BCUT2D eigenvalue weighted by atomic mass is 19.1. The molecule has 0 saturated carbocycles. The molecule has 9 heteroatoms. The third-order valence-electron chi connectivity index (χ3n) is 4.28. The Bertz CT molecular complexity index is 990. The molecule has 5 N–H and O–H groups in total. The Morgan fingerprint density at radius 3 is 2.68 bits per heavy atom. The predicted molar refractivity (Wildman–Crippen MR) is 106 cm³/mol. The third kappa shape index (κ3) is 3.31. The first-order chi connectivity index (χ1) is 13.4. The molecular weight excluding hydrogens is 361 g/mol. The van der Waals surface area contributed by atoms with Gasteiger partial charge in [-0.3, -0.25) is 10.0 Å². The molecule has 2 aromatic heterocycles. The van der Waals surface area contributed by atoms with Crippen LogP contribution in [0.2, 0.25) is 0 Å². The minimum atomic E-state index is -0.454. The summed E-state index contributed by atoms with van der Waals surface area (Å²) in [5.41, 5.74) is 17.0. The normalized spacial score (nSPS) is 13.4. The lowest BCUT2D eigenvalue weighted by molar-refractivity contribution is 0.578. The van der Waals surface area contributed by atoms with Gasteiger partial charge < -0.3 is 15.9 Å².